The van der Waals surface area contributed by atoms with Crippen LogP contribution in [0.15, 0.2) is 23.1 Å². The Morgan fingerprint density at radius 3 is 2.78 bits per heavy atom. The Labute approximate surface area is 109 Å². The van der Waals surface area contributed by atoms with Crippen LogP contribution in [-0.2, 0) is 0 Å². The molecule has 0 aliphatic carbocycles. The first kappa shape index (κ1) is 14.5. The first-order valence-electron chi connectivity index (χ1n) is 5.23. The largest absolute Gasteiger partial charge is 0.394 e. The first-order valence-corrected chi connectivity index (χ1v) is 6.46. The van der Waals surface area contributed by atoms with Gasteiger partial charge in [0.25, 0.3) is 11.6 Å². The molecule has 0 bridgehead atoms. The third-order valence-electron chi connectivity index (χ3n) is 2.30. The standard InChI is InChI=1S/C11H14N2O4S/c1-7(6-14)12-11(15)9-5-8(18-2)3-4-10(9)13(16)17/h3-5,7,14H,6H2,1-2H3,(H,12,15)/t7-/m1/s1. The van der Waals surface area contributed by atoms with Crippen LogP contribution in [0.2, 0.25) is 0 Å². The predicted molar refractivity (Wildman–Crippen MR) is 68.9 cm³/mol. The quantitative estimate of drug-likeness (QED) is 0.479. The van der Waals surface area contributed by atoms with E-state index in [1.807, 2.05) is 6.26 Å². The number of nitro groups is 1. The maximum atomic E-state index is 11.9. The van der Waals surface area contributed by atoms with Crippen LogP contribution in [0.25, 0.3) is 0 Å². The Hall–Kier alpha value is -1.60. The third kappa shape index (κ3) is 3.44. The number of carbonyl (C=O) groups excluding carboxylic acids is 1. The van der Waals surface area contributed by atoms with E-state index in [4.69, 9.17) is 5.11 Å². The van der Waals surface area contributed by atoms with E-state index in [1.165, 1.54) is 23.9 Å². The van der Waals surface area contributed by atoms with Gasteiger partial charge in [0.05, 0.1) is 11.5 Å². The lowest BCUT2D eigenvalue weighted by Crippen LogP contribution is -2.35. The molecular formula is C11H14N2O4S. The number of benzene rings is 1. The van der Waals surface area contributed by atoms with Gasteiger partial charge in [-0.1, -0.05) is 0 Å². The normalized spacial score (nSPS) is 11.9. The van der Waals surface area contributed by atoms with Crippen LogP contribution in [0.1, 0.15) is 17.3 Å². The van der Waals surface area contributed by atoms with E-state index < -0.39 is 16.9 Å². The molecule has 1 atom stereocenters. The molecule has 1 aromatic rings. The number of thioether (sulfide) groups is 1. The number of nitrogens with zero attached hydrogens (tertiary/aromatic N) is 1. The van der Waals surface area contributed by atoms with Crippen molar-refractivity contribution in [1.82, 2.24) is 5.32 Å². The van der Waals surface area contributed by atoms with Crippen LogP contribution >= 0.6 is 11.8 Å². The lowest BCUT2D eigenvalue weighted by molar-refractivity contribution is -0.385. The average molecular weight is 270 g/mol. The van der Waals surface area contributed by atoms with Crippen molar-refractivity contribution in [2.75, 3.05) is 12.9 Å². The van der Waals surface area contributed by atoms with E-state index in [1.54, 1.807) is 13.0 Å². The van der Waals surface area contributed by atoms with Crippen molar-refractivity contribution in [2.24, 2.45) is 0 Å². The molecule has 0 saturated carbocycles. The van der Waals surface area contributed by atoms with E-state index in [0.717, 1.165) is 4.90 Å². The monoisotopic (exact) mass is 270 g/mol. The molecule has 0 heterocycles. The van der Waals surface area contributed by atoms with Crippen molar-refractivity contribution >= 4 is 23.4 Å². The highest BCUT2D eigenvalue weighted by atomic mass is 32.2. The Balaban J connectivity index is 3.10. The van der Waals surface area contributed by atoms with E-state index in [9.17, 15) is 14.9 Å². The van der Waals surface area contributed by atoms with Gasteiger partial charge >= 0.3 is 0 Å². The second-order valence-electron chi connectivity index (χ2n) is 3.70. The molecule has 1 rings (SSSR count). The molecule has 1 amide bonds. The maximum Gasteiger partial charge on any atom is 0.282 e. The topological polar surface area (TPSA) is 92.5 Å². The van der Waals surface area contributed by atoms with Gasteiger partial charge in [0, 0.05) is 17.0 Å². The molecule has 0 aromatic heterocycles. The van der Waals surface area contributed by atoms with Crippen molar-refractivity contribution in [3.8, 4) is 0 Å². The summed E-state index contributed by atoms with van der Waals surface area (Å²) in [7, 11) is 0. The number of hydrogen-bond acceptors (Lipinski definition) is 5. The summed E-state index contributed by atoms with van der Waals surface area (Å²) < 4.78 is 0. The van der Waals surface area contributed by atoms with Crippen LogP contribution in [0.4, 0.5) is 5.69 Å². The van der Waals surface area contributed by atoms with Gasteiger partial charge in [-0.2, -0.15) is 0 Å². The smallest absolute Gasteiger partial charge is 0.282 e. The van der Waals surface area contributed by atoms with Crippen molar-refractivity contribution in [3.05, 3.63) is 33.9 Å². The minimum atomic E-state index is -0.595. The second kappa shape index (κ2) is 6.36. The van der Waals surface area contributed by atoms with Gasteiger partial charge in [-0.25, -0.2) is 0 Å². The van der Waals surface area contributed by atoms with Crippen LogP contribution in [-0.4, -0.2) is 34.8 Å². The number of aliphatic hydroxyl groups is 1. The fourth-order valence-corrected chi connectivity index (χ4v) is 1.77. The Bertz CT molecular complexity index is 464. The summed E-state index contributed by atoms with van der Waals surface area (Å²) in [6.07, 6.45) is 1.82. The number of aliphatic hydroxyl groups excluding tert-OH is 1. The van der Waals surface area contributed by atoms with Crippen LogP contribution < -0.4 is 5.32 Å². The van der Waals surface area contributed by atoms with Crippen molar-refractivity contribution < 1.29 is 14.8 Å². The molecular weight excluding hydrogens is 256 g/mol. The van der Waals surface area contributed by atoms with Crippen LogP contribution in [0.3, 0.4) is 0 Å². The predicted octanol–water partition coefficient (Wildman–Crippen LogP) is 1.43. The Morgan fingerprint density at radius 2 is 2.28 bits per heavy atom. The summed E-state index contributed by atoms with van der Waals surface area (Å²) in [5.41, 5.74) is -0.234. The fourth-order valence-electron chi connectivity index (χ4n) is 1.33. The Kier molecular flexibility index (Phi) is 5.11. The van der Waals surface area contributed by atoms with Gasteiger partial charge in [-0.15, -0.1) is 11.8 Å². The second-order valence-corrected chi connectivity index (χ2v) is 4.58. The van der Waals surface area contributed by atoms with Crippen molar-refractivity contribution in [3.63, 3.8) is 0 Å². The summed E-state index contributed by atoms with van der Waals surface area (Å²) in [6, 6.07) is 3.93. The molecule has 1 aromatic carbocycles. The number of amides is 1. The van der Waals surface area contributed by atoms with E-state index in [0.29, 0.717) is 0 Å². The molecule has 0 fully saturated rings. The molecule has 6 nitrogen and oxygen atoms in total. The zero-order valence-corrected chi connectivity index (χ0v) is 10.9. The molecule has 98 valence electrons. The summed E-state index contributed by atoms with van der Waals surface area (Å²) in [4.78, 5) is 22.9. The molecule has 0 radical (unpaired) electrons. The first-order chi connectivity index (χ1) is 8.49. The minimum Gasteiger partial charge on any atom is -0.394 e. The number of carbonyl (C=O) groups is 1. The van der Waals surface area contributed by atoms with E-state index >= 15 is 0 Å². The number of nitro benzene ring substituents is 1. The third-order valence-corrected chi connectivity index (χ3v) is 3.02. The summed E-state index contributed by atoms with van der Waals surface area (Å²) in [5.74, 6) is -0.556. The summed E-state index contributed by atoms with van der Waals surface area (Å²) in [5, 5.41) is 22.2. The maximum absolute atomic E-state index is 11.9. The molecule has 0 spiro atoms. The van der Waals surface area contributed by atoms with Gasteiger partial charge in [-0.05, 0) is 25.3 Å². The molecule has 0 saturated heterocycles. The van der Waals surface area contributed by atoms with E-state index in [-0.39, 0.29) is 17.9 Å². The van der Waals surface area contributed by atoms with Crippen molar-refractivity contribution in [2.45, 2.75) is 17.9 Å². The lowest BCUT2D eigenvalue weighted by atomic mass is 10.1. The number of nitrogens with one attached hydrogen (secondary N) is 1. The molecule has 2 N–H and O–H groups in total. The Morgan fingerprint density at radius 1 is 1.61 bits per heavy atom. The SMILES string of the molecule is CSc1ccc([N+](=O)[O-])c(C(=O)N[C@H](C)CO)c1. The highest BCUT2D eigenvalue weighted by Crippen LogP contribution is 2.24. The average Bonchev–Trinajstić information content (AvgIpc) is 2.37. The van der Waals surface area contributed by atoms with Crippen LogP contribution in [0.5, 0.6) is 0 Å². The summed E-state index contributed by atoms with van der Waals surface area (Å²) >= 11 is 1.39. The summed E-state index contributed by atoms with van der Waals surface area (Å²) in [6.45, 7) is 1.39. The van der Waals surface area contributed by atoms with Crippen LogP contribution in [0, 0.1) is 10.1 Å². The van der Waals surface area contributed by atoms with E-state index in [2.05, 4.69) is 5.32 Å². The fraction of sp³-hybridized carbons (Fsp3) is 0.364. The van der Waals surface area contributed by atoms with Gasteiger partial charge in [0.2, 0.25) is 0 Å². The molecule has 7 heteroatoms. The molecule has 0 aliphatic rings. The van der Waals surface area contributed by atoms with Gasteiger partial charge < -0.3 is 10.4 Å². The van der Waals surface area contributed by atoms with Gasteiger partial charge in [-0.3, -0.25) is 14.9 Å². The minimum absolute atomic E-state index is 0.00662. The zero-order valence-electron chi connectivity index (χ0n) is 10.0. The molecule has 0 aliphatic heterocycles. The lowest BCUT2D eigenvalue weighted by Gasteiger charge is -2.11. The highest BCUT2D eigenvalue weighted by Gasteiger charge is 2.21. The number of rotatable bonds is 5. The van der Waals surface area contributed by atoms with Crippen molar-refractivity contribution in [1.29, 1.82) is 0 Å². The number of hydrogen-bond donors (Lipinski definition) is 2. The molecule has 18 heavy (non-hydrogen) atoms. The van der Waals surface area contributed by atoms with Gasteiger partial charge in [0.15, 0.2) is 0 Å². The zero-order chi connectivity index (χ0) is 13.7. The van der Waals surface area contributed by atoms with Gasteiger partial charge in [0.1, 0.15) is 5.56 Å². The molecule has 0 unspecified atom stereocenters. The highest BCUT2D eigenvalue weighted by molar-refractivity contribution is 7.98.